The van der Waals surface area contributed by atoms with Gasteiger partial charge in [0.05, 0.1) is 0 Å². The monoisotopic (exact) mass is 413 g/mol. The van der Waals surface area contributed by atoms with Gasteiger partial charge in [0.15, 0.2) is 0 Å². The molecule has 4 N–H and O–H groups in total. The molecule has 0 radical (unpaired) electrons. The molecule has 0 bridgehead atoms. The number of nitrogens with one attached hydrogen (secondary N) is 3. The third kappa shape index (κ3) is 5.79. The second-order valence-electron chi connectivity index (χ2n) is 8.02. The fourth-order valence-corrected chi connectivity index (χ4v) is 3.68. The molecular weight excluding hydrogens is 382 g/mol. The van der Waals surface area contributed by atoms with Crippen molar-refractivity contribution in [3.05, 3.63) is 48.0 Å². The Labute approximate surface area is 177 Å². The van der Waals surface area contributed by atoms with Gasteiger partial charge in [0, 0.05) is 25.3 Å². The Morgan fingerprint density at radius 3 is 2.23 bits per heavy atom. The SMILES string of the molecule is CNC(=O)[C@@H](Cc1cccc2ccccc12)NC(=O)[C@@H](CC(C)C)[C@@H](C)C(=O)NO. The van der Waals surface area contributed by atoms with E-state index in [-0.39, 0.29) is 17.7 Å². The van der Waals surface area contributed by atoms with Gasteiger partial charge in [-0.15, -0.1) is 0 Å². The van der Waals surface area contributed by atoms with E-state index in [9.17, 15) is 14.4 Å². The third-order valence-corrected chi connectivity index (χ3v) is 5.37. The van der Waals surface area contributed by atoms with Gasteiger partial charge in [-0.2, -0.15) is 0 Å². The van der Waals surface area contributed by atoms with Crippen LogP contribution in [0.5, 0.6) is 0 Å². The largest absolute Gasteiger partial charge is 0.357 e. The van der Waals surface area contributed by atoms with Crippen LogP contribution in [0.25, 0.3) is 10.8 Å². The molecule has 0 saturated heterocycles. The molecule has 0 aliphatic carbocycles. The Bertz CT molecular complexity index is 892. The highest BCUT2D eigenvalue weighted by Crippen LogP contribution is 2.23. The summed E-state index contributed by atoms with van der Waals surface area (Å²) >= 11 is 0. The van der Waals surface area contributed by atoms with E-state index in [4.69, 9.17) is 5.21 Å². The van der Waals surface area contributed by atoms with Crippen LogP contribution in [-0.2, 0) is 20.8 Å². The summed E-state index contributed by atoms with van der Waals surface area (Å²) in [6.07, 6.45) is 0.775. The number of amides is 3. The van der Waals surface area contributed by atoms with Gasteiger partial charge in [0.25, 0.3) is 0 Å². The van der Waals surface area contributed by atoms with E-state index in [1.807, 2.05) is 56.3 Å². The first kappa shape index (κ1) is 23.3. The van der Waals surface area contributed by atoms with E-state index in [0.717, 1.165) is 16.3 Å². The second kappa shape index (κ2) is 10.7. The summed E-state index contributed by atoms with van der Waals surface area (Å²) in [5, 5.41) is 16.5. The topological polar surface area (TPSA) is 108 Å². The van der Waals surface area contributed by atoms with Crippen LogP contribution in [0.2, 0.25) is 0 Å². The van der Waals surface area contributed by atoms with Crippen molar-refractivity contribution in [2.75, 3.05) is 7.05 Å². The molecule has 0 unspecified atom stereocenters. The average molecular weight is 414 g/mol. The summed E-state index contributed by atoms with van der Waals surface area (Å²) in [4.78, 5) is 37.6. The molecule has 3 amide bonds. The van der Waals surface area contributed by atoms with Crippen LogP contribution in [0.15, 0.2) is 42.5 Å². The van der Waals surface area contributed by atoms with E-state index < -0.39 is 23.8 Å². The van der Waals surface area contributed by atoms with E-state index in [2.05, 4.69) is 10.6 Å². The zero-order valence-corrected chi connectivity index (χ0v) is 17.9. The lowest BCUT2D eigenvalue weighted by Gasteiger charge is -2.26. The Balaban J connectivity index is 2.28. The highest BCUT2D eigenvalue weighted by Gasteiger charge is 2.33. The standard InChI is InChI=1S/C23H31N3O4/c1-14(2)12-19(15(3)21(27)26-30)22(28)25-20(23(29)24-4)13-17-10-7-9-16-8-5-6-11-18(16)17/h5-11,14-15,19-20,30H,12-13H2,1-4H3,(H,24,29)(H,25,28)(H,26,27)/t15-,19+,20-/m1/s1. The maximum absolute atomic E-state index is 13.1. The Morgan fingerprint density at radius 2 is 1.60 bits per heavy atom. The molecule has 2 rings (SSSR count). The average Bonchev–Trinajstić information content (AvgIpc) is 2.75. The smallest absolute Gasteiger partial charge is 0.246 e. The van der Waals surface area contributed by atoms with Crippen LogP contribution in [0.4, 0.5) is 0 Å². The molecule has 0 aliphatic rings. The van der Waals surface area contributed by atoms with Crippen molar-refractivity contribution < 1.29 is 19.6 Å². The number of hydrogen-bond acceptors (Lipinski definition) is 4. The first-order chi connectivity index (χ1) is 14.3. The number of likely N-dealkylation sites (N-methyl/N-ethyl adjacent to an activating group) is 1. The first-order valence-electron chi connectivity index (χ1n) is 10.2. The van der Waals surface area contributed by atoms with Crippen LogP contribution in [0.1, 0.15) is 32.8 Å². The van der Waals surface area contributed by atoms with Crippen molar-refractivity contribution in [1.29, 1.82) is 0 Å². The predicted molar refractivity (Wildman–Crippen MR) is 116 cm³/mol. The maximum Gasteiger partial charge on any atom is 0.246 e. The molecule has 2 aromatic carbocycles. The molecule has 0 aliphatic heterocycles. The highest BCUT2D eigenvalue weighted by molar-refractivity contribution is 5.92. The second-order valence-corrected chi connectivity index (χ2v) is 8.02. The summed E-state index contributed by atoms with van der Waals surface area (Å²) in [5.41, 5.74) is 2.57. The lowest BCUT2D eigenvalue weighted by Crippen LogP contribution is -2.51. The molecule has 0 aromatic heterocycles. The minimum atomic E-state index is -0.785. The van der Waals surface area contributed by atoms with Crippen molar-refractivity contribution >= 4 is 28.5 Å². The minimum Gasteiger partial charge on any atom is -0.357 e. The lowest BCUT2D eigenvalue weighted by molar-refractivity contribution is -0.140. The van der Waals surface area contributed by atoms with Gasteiger partial charge in [-0.25, -0.2) is 5.48 Å². The maximum atomic E-state index is 13.1. The Morgan fingerprint density at radius 1 is 0.933 bits per heavy atom. The number of rotatable bonds is 9. The van der Waals surface area contributed by atoms with Gasteiger partial charge in [-0.1, -0.05) is 63.2 Å². The number of carbonyl (C=O) groups is 3. The van der Waals surface area contributed by atoms with Crippen LogP contribution in [0.3, 0.4) is 0 Å². The van der Waals surface area contributed by atoms with Crippen molar-refractivity contribution in [3.8, 4) is 0 Å². The van der Waals surface area contributed by atoms with Crippen molar-refractivity contribution in [1.82, 2.24) is 16.1 Å². The van der Waals surface area contributed by atoms with Gasteiger partial charge < -0.3 is 10.6 Å². The summed E-state index contributed by atoms with van der Waals surface area (Å²) in [6, 6.07) is 13.0. The summed E-state index contributed by atoms with van der Waals surface area (Å²) in [5.74, 6) is -2.56. The first-order valence-corrected chi connectivity index (χ1v) is 10.2. The van der Waals surface area contributed by atoms with Crippen LogP contribution >= 0.6 is 0 Å². The summed E-state index contributed by atoms with van der Waals surface area (Å²) in [6.45, 7) is 5.50. The summed E-state index contributed by atoms with van der Waals surface area (Å²) in [7, 11) is 1.53. The molecule has 0 spiro atoms. The van der Waals surface area contributed by atoms with Gasteiger partial charge >= 0.3 is 0 Å². The molecule has 162 valence electrons. The number of hydroxylamine groups is 1. The van der Waals surface area contributed by atoms with Gasteiger partial charge in [0.1, 0.15) is 6.04 Å². The molecular formula is C23H31N3O4. The zero-order chi connectivity index (χ0) is 22.3. The van der Waals surface area contributed by atoms with Crippen molar-refractivity contribution in [2.45, 2.75) is 39.7 Å². The third-order valence-electron chi connectivity index (χ3n) is 5.37. The van der Waals surface area contributed by atoms with Gasteiger partial charge in [0.2, 0.25) is 17.7 Å². The highest BCUT2D eigenvalue weighted by atomic mass is 16.5. The number of hydrogen-bond donors (Lipinski definition) is 4. The molecule has 30 heavy (non-hydrogen) atoms. The zero-order valence-electron chi connectivity index (χ0n) is 17.9. The molecule has 7 heteroatoms. The van der Waals surface area contributed by atoms with Gasteiger partial charge in [-0.05, 0) is 28.7 Å². The summed E-state index contributed by atoms with van der Waals surface area (Å²) < 4.78 is 0. The van der Waals surface area contributed by atoms with E-state index >= 15 is 0 Å². The van der Waals surface area contributed by atoms with Crippen molar-refractivity contribution in [2.24, 2.45) is 17.8 Å². The Kier molecular flexibility index (Phi) is 8.35. The van der Waals surface area contributed by atoms with E-state index in [0.29, 0.717) is 12.8 Å². The van der Waals surface area contributed by atoms with E-state index in [1.165, 1.54) is 7.05 Å². The van der Waals surface area contributed by atoms with Crippen LogP contribution in [0, 0.1) is 17.8 Å². The quantitative estimate of drug-likeness (QED) is 0.374. The number of fused-ring (bicyclic) bond motifs is 1. The molecule has 0 heterocycles. The predicted octanol–water partition coefficient (Wildman–Crippen LogP) is 2.42. The number of carbonyl (C=O) groups excluding carboxylic acids is 3. The molecule has 7 nitrogen and oxygen atoms in total. The fourth-order valence-electron chi connectivity index (χ4n) is 3.68. The minimum absolute atomic E-state index is 0.159. The number of benzene rings is 2. The molecule has 2 aromatic rings. The van der Waals surface area contributed by atoms with Crippen LogP contribution < -0.4 is 16.1 Å². The Hall–Kier alpha value is -2.93. The van der Waals surface area contributed by atoms with Gasteiger partial charge in [-0.3, -0.25) is 19.6 Å². The lowest BCUT2D eigenvalue weighted by atomic mass is 9.85. The van der Waals surface area contributed by atoms with Crippen molar-refractivity contribution in [3.63, 3.8) is 0 Å². The molecule has 3 atom stereocenters. The molecule has 0 fully saturated rings. The fraction of sp³-hybridized carbons (Fsp3) is 0.435. The normalized spacial score (nSPS) is 14.1. The van der Waals surface area contributed by atoms with Crippen LogP contribution in [-0.4, -0.2) is 36.0 Å². The van der Waals surface area contributed by atoms with E-state index in [1.54, 1.807) is 12.4 Å². The molecule has 0 saturated carbocycles.